The Bertz CT molecular complexity index is 1820. The number of rotatable bonds is 5. The summed E-state index contributed by atoms with van der Waals surface area (Å²) in [6, 6.07) is 5.53. The molecule has 7 nitrogen and oxygen atoms in total. The molecular formula is C32H30F5N5O2. The lowest BCUT2D eigenvalue weighted by Gasteiger charge is -2.46. The van der Waals surface area contributed by atoms with Crippen molar-refractivity contribution in [3.05, 3.63) is 53.6 Å². The van der Waals surface area contributed by atoms with Gasteiger partial charge in [-0.3, -0.25) is 4.90 Å². The molecule has 6 heterocycles. The minimum atomic E-state index is -1.29. The molecule has 0 radical (unpaired) electrons. The van der Waals surface area contributed by atoms with Crippen molar-refractivity contribution in [1.29, 1.82) is 0 Å². The maximum absolute atomic E-state index is 16.7. The number of anilines is 1. The van der Waals surface area contributed by atoms with Gasteiger partial charge < -0.3 is 20.1 Å². The second-order valence-corrected chi connectivity index (χ2v) is 12.6. The monoisotopic (exact) mass is 611 g/mol. The summed E-state index contributed by atoms with van der Waals surface area (Å²) in [4.78, 5) is 13.2. The minimum absolute atomic E-state index is 0.0369. The lowest BCUT2D eigenvalue weighted by Crippen LogP contribution is -2.61. The van der Waals surface area contributed by atoms with Crippen LogP contribution >= 0.6 is 0 Å². The third kappa shape index (κ3) is 4.28. The zero-order valence-electron chi connectivity index (χ0n) is 23.7. The first-order valence-electron chi connectivity index (χ1n) is 15.0. The molecule has 0 spiro atoms. The fourth-order valence-corrected chi connectivity index (χ4v) is 7.88. The number of ether oxygens (including phenoxy) is 1. The molecule has 5 saturated heterocycles. The van der Waals surface area contributed by atoms with E-state index in [1.165, 1.54) is 12.1 Å². The maximum Gasteiger partial charge on any atom is 0.319 e. The Labute approximate surface area is 249 Å². The number of fused-ring (bicyclic) bond motifs is 6. The smallest absolute Gasteiger partial charge is 0.319 e. The van der Waals surface area contributed by atoms with Crippen LogP contribution in [0.5, 0.6) is 11.8 Å². The second kappa shape index (κ2) is 10.1. The van der Waals surface area contributed by atoms with Crippen molar-refractivity contribution in [2.45, 2.75) is 55.9 Å². The number of halogens is 5. The van der Waals surface area contributed by atoms with Crippen LogP contribution in [0, 0.1) is 23.3 Å². The van der Waals surface area contributed by atoms with E-state index in [1.54, 1.807) is 0 Å². The summed E-state index contributed by atoms with van der Waals surface area (Å²) in [5.41, 5.74) is -1.75. The number of piperazine rings is 1. The quantitative estimate of drug-likeness (QED) is 0.285. The fourth-order valence-electron chi connectivity index (χ4n) is 7.88. The Kier molecular flexibility index (Phi) is 6.39. The first kappa shape index (κ1) is 27.8. The molecule has 0 amide bonds. The minimum Gasteiger partial charge on any atom is -0.508 e. The predicted molar refractivity (Wildman–Crippen MR) is 155 cm³/mol. The standard InChI is InChI=1S/C32H30F5N5O2/c33-17-11-32(6-1-7-41(32)13-17)15-44-31-39-29-22(30(40-31)42-14-18-3-4-19(42)12-38-18)10-24(35)26(28(29)37)21-9-20(43)8-16-2-5-23(34)27(36)25(16)21/h2,5,8-10,17-19,38,43H,1,3-4,6-7,11-15H2/t17-,18+,19+,32?/m1/s1. The number of aromatic nitrogens is 2. The van der Waals surface area contributed by atoms with Crippen LogP contribution in [0.1, 0.15) is 32.1 Å². The number of aromatic hydroxyl groups is 1. The van der Waals surface area contributed by atoms with Crippen molar-refractivity contribution in [3.63, 3.8) is 0 Å². The van der Waals surface area contributed by atoms with Crippen LogP contribution in [0.4, 0.5) is 27.8 Å². The zero-order valence-corrected chi connectivity index (χ0v) is 23.7. The maximum atomic E-state index is 16.7. The lowest BCUT2D eigenvalue weighted by atomic mass is 9.92. The van der Waals surface area contributed by atoms with Gasteiger partial charge in [-0.2, -0.15) is 9.97 Å². The largest absolute Gasteiger partial charge is 0.508 e. The van der Waals surface area contributed by atoms with Crippen LogP contribution in [0.25, 0.3) is 32.8 Å². The van der Waals surface area contributed by atoms with E-state index in [1.807, 2.05) is 4.90 Å². The van der Waals surface area contributed by atoms with Gasteiger partial charge in [0, 0.05) is 54.5 Å². The summed E-state index contributed by atoms with van der Waals surface area (Å²) < 4.78 is 82.7. The Morgan fingerprint density at radius 3 is 2.66 bits per heavy atom. The molecule has 5 aliphatic heterocycles. The van der Waals surface area contributed by atoms with E-state index >= 15 is 13.2 Å². The number of nitrogens with zero attached hydrogens (tertiary/aromatic N) is 4. The van der Waals surface area contributed by atoms with Gasteiger partial charge >= 0.3 is 6.01 Å². The van der Waals surface area contributed by atoms with Gasteiger partial charge in [0.2, 0.25) is 0 Å². The molecule has 4 atom stereocenters. The number of benzene rings is 3. The molecule has 230 valence electrons. The number of alkyl halides is 1. The van der Waals surface area contributed by atoms with Gasteiger partial charge in [-0.15, -0.1) is 0 Å². The van der Waals surface area contributed by atoms with Gasteiger partial charge in [-0.1, -0.05) is 6.07 Å². The summed E-state index contributed by atoms with van der Waals surface area (Å²) in [5.74, 6) is -4.69. The summed E-state index contributed by atoms with van der Waals surface area (Å²) in [5, 5.41) is 13.6. The van der Waals surface area contributed by atoms with Crippen molar-refractivity contribution in [2.24, 2.45) is 0 Å². The lowest BCUT2D eigenvalue weighted by molar-refractivity contribution is 0.107. The molecule has 1 aromatic heterocycles. The third-order valence-electron chi connectivity index (χ3n) is 9.95. The van der Waals surface area contributed by atoms with E-state index < -0.39 is 40.5 Å². The average molecular weight is 612 g/mol. The number of hydrogen-bond acceptors (Lipinski definition) is 7. The number of phenols is 1. The van der Waals surface area contributed by atoms with Crippen LogP contribution in [-0.2, 0) is 0 Å². The Balaban J connectivity index is 1.30. The van der Waals surface area contributed by atoms with Crippen LogP contribution in [-0.4, -0.2) is 76.6 Å². The highest BCUT2D eigenvalue weighted by atomic mass is 19.2. The second-order valence-electron chi connectivity index (χ2n) is 12.6. The third-order valence-corrected chi connectivity index (χ3v) is 9.95. The molecule has 44 heavy (non-hydrogen) atoms. The predicted octanol–water partition coefficient (Wildman–Crippen LogP) is 5.61. The fraction of sp³-hybridized carbons (Fsp3) is 0.438. The number of nitrogens with one attached hydrogen (secondary N) is 1. The van der Waals surface area contributed by atoms with Gasteiger partial charge in [0.1, 0.15) is 35.7 Å². The van der Waals surface area contributed by atoms with Crippen LogP contribution in [0.15, 0.2) is 30.3 Å². The highest BCUT2D eigenvalue weighted by Crippen LogP contribution is 2.43. The van der Waals surface area contributed by atoms with Crippen molar-refractivity contribution in [3.8, 4) is 22.9 Å². The van der Waals surface area contributed by atoms with Crippen LogP contribution in [0.2, 0.25) is 0 Å². The average Bonchev–Trinajstić information content (AvgIpc) is 3.54. The molecule has 2 N–H and O–H groups in total. The highest BCUT2D eigenvalue weighted by Gasteiger charge is 2.49. The van der Waals surface area contributed by atoms with E-state index in [4.69, 9.17) is 4.74 Å². The van der Waals surface area contributed by atoms with Crippen molar-refractivity contribution in [1.82, 2.24) is 20.2 Å². The Hall–Kier alpha value is -3.77. The van der Waals surface area contributed by atoms with E-state index in [2.05, 4.69) is 20.2 Å². The molecule has 0 aliphatic carbocycles. The van der Waals surface area contributed by atoms with E-state index in [0.29, 0.717) is 31.9 Å². The molecular weight excluding hydrogens is 581 g/mol. The molecule has 5 aliphatic rings. The molecule has 12 heteroatoms. The summed E-state index contributed by atoms with van der Waals surface area (Å²) >= 11 is 0. The first-order chi connectivity index (χ1) is 21.2. The number of hydrogen-bond donors (Lipinski definition) is 2. The summed E-state index contributed by atoms with van der Waals surface area (Å²) in [7, 11) is 0. The van der Waals surface area contributed by atoms with Crippen LogP contribution in [0.3, 0.4) is 0 Å². The van der Waals surface area contributed by atoms with E-state index in [-0.39, 0.29) is 57.7 Å². The SMILES string of the molecule is Oc1cc(-c2c(F)cc3c(N4C[C@@H]5CC[C@H]4CN5)nc(OCC45CCCN4C[C@H](F)C5)nc3c2F)c2c(F)c(F)ccc2c1. The molecule has 1 unspecified atom stereocenters. The zero-order chi connectivity index (χ0) is 30.3. The van der Waals surface area contributed by atoms with Crippen LogP contribution < -0.4 is 15.0 Å². The summed E-state index contributed by atoms with van der Waals surface area (Å²) in [6.45, 7) is 2.48. The van der Waals surface area contributed by atoms with Gasteiger partial charge in [-0.05, 0) is 61.9 Å². The molecule has 0 saturated carbocycles. The topological polar surface area (TPSA) is 73.8 Å². The van der Waals surface area contributed by atoms with Gasteiger partial charge in [0.25, 0.3) is 0 Å². The van der Waals surface area contributed by atoms with Gasteiger partial charge in [-0.25, -0.2) is 22.0 Å². The molecule has 2 bridgehead atoms. The molecule has 5 fully saturated rings. The van der Waals surface area contributed by atoms with Crippen molar-refractivity contribution >= 4 is 27.5 Å². The highest BCUT2D eigenvalue weighted by molar-refractivity contribution is 6.02. The van der Waals surface area contributed by atoms with Crippen molar-refractivity contribution in [2.75, 3.05) is 37.7 Å². The number of piperidine rings is 2. The normalized spacial score (nSPS) is 26.7. The first-order valence-corrected chi connectivity index (χ1v) is 15.0. The molecule has 4 aromatic rings. The Morgan fingerprint density at radius 1 is 1.02 bits per heavy atom. The number of phenolic OH excluding ortho intramolecular Hbond substituents is 1. The molecule has 3 aromatic carbocycles. The van der Waals surface area contributed by atoms with E-state index in [0.717, 1.165) is 50.4 Å². The Morgan fingerprint density at radius 2 is 1.89 bits per heavy atom. The summed E-state index contributed by atoms with van der Waals surface area (Å²) in [6.07, 6.45) is 2.87. The van der Waals surface area contributed by atoms with Crippen molar-refractivity contribution < 1.29 is 31.8 Å². The molecule has 9 rings (SSSR count). The van der Waals surface area contributed by atoms with Gasteiger partial charge in [0.05, 0.1) is 11.1 Å². The van der Waals surface area contributed by atoms with Gasteiger partial charge in [0.15, 0.2) is 17.5 Å². The van der Waals surface area contributed by atoms with E-state index in [9.17, 15) is 13.9 Å².